The van der Waals surface area contributed by atoms with E-state index in [4.69, 9.17) is 15.1 Å². The Hall–Kier alpha value is -4.98. The summed E-state index contributed by atoms with van der Waals surface area (Å²) in [6.07, 6.45) is 0.555. The zero-order chi connectivity index (χ0) is 37.8. The van der Waals surface area contributed by atoms with E-state index >= 15 is 0 Å². The largest absolute Gasteiger partial charge is 0.416 e. The molecular weight excluding hydrogens is 668 g/mol. The van der Waals surface area contributed by atoms with Crippen LogP contribution in [0, 0.1) is 0 Å². The number of aromatic nitrogens is 3. The van der Waals surface area contributed by atoms with Crippen molar-refractivity contribution in [2.45, 2.75) is 104 Å². The van der Waals surface area contributed by atoms with Gasteiger partial charge in [-0.2, -0.15) is 18.3 Å². The molecule has 0 saturated heterocycles. The number of hydrogen-bond acceptors (Lipinski definition) is 3. The van der Waals surface area contributed by atoms with Crippen molar-refractivity contribution in [2.75, 3.05) is 4.90 Å². The summed E-state index contributed by atoms with van der Waals surface area (Å²) in [5, 5.41) is 6.77. The lowest BCUT2D eigenvalue weighted by atomic mass is 9.84. The number of benzene rings is 4. The third-order valence-corrected chi connectivity index (χ3v) is 10.7. The first-order chi connectivity index (χ1) is 25.3. The predicted molar refractivity (Wildman–Crippen MR) is 212 cm³/mol. The maximum absolute atomic E-state index is 14.0. The highest BCUT2D eigenvalue weighted by atomic mass is 19.4. The standard InChI is InChI=1S/C45H48F3N5/c1-26(2)31-14-11-15-32(27(3)4)35(31)20-21-37-41-44(50-24-23-49-41)52(42-33(28(5)6)16-12-17-34(42)29(7)8)43(37)51-53-39-18-10-9-13-36(39)38-25-30(45(46,47)48)19-22-40(38)53/h9-19,22-29,37H,20-21H2,1-8H3/b51-43-. The molecule has 0 N–H and O–H groups in total. The highest BCUT2D eigenvalue weighted by molar-refractivity contribution is 6.14. The Kier molecular flexibility index (Phi) is 9.68. The van der Waals surface area contributed by atoms with Gasteiger partial charge in [0.2, 0.25) is 0 Å². The van der Waals surface area contributed by atoms with Crippen molar-refractivity contribution in [2.24, 2.45) is 5.10 Å². The van der Waals surface area contributed by atoms with E-state index in [0.29, 0.717) is 28.1 Å². The average Bonchev–Trinajstić information content (AvgIpc) is 3.61. The van der Waals surface area contributed by atoms with E-state index in [1.54, 1.807) is 18.5 Å². The first-order valence-electron chi connectivity index (χ1n) is 18.8. The summed E-state index contributed by atoms with van der Waals surface area (Å²) in [4.78, 5) is 12.2. The molecule has 3 heterocycles. The molecule has 1 aliphatic heterocycles. The first-order valence-corrected chi connectivity index (χ1v) is 18.8. The van der Waals surface area contributed by atoms with E-state index in [1.807, 2.05) is 28.9 Å². The number of anilines is 2. The lowest BCUT2D eigenvalue weighted by Gasteiger charge is -2.29. The van der Waals surface area contributed by atoms with Crippen LogP contribution < -0.4 is 4.90 Å². The maximum atomic E-state index is 14.0. The summed E-state index contributed by atoms with van der Waals surface area (Å²) >= 11 is 0. The Balaban J connectivity index is 1.52. The fourth-order valence-electron chi connectivity index (χ4n) is 8.14. The first kappa shape index (κ1) is 36.4. The van der Waals surface area contributed by atoms with Crippen LogP contribution in [-0.4, -0.2) is 20.5 Å². The van der Waals surface area contributed by atoms with Crippen LogP contribution in [0.25, 0.3) is 21.8 Å². The lowest BCUT2D eigenvalue weighted by molar-refractivity contribution is -0.137. The molecule has 6 aromatic rings. The van der Waals surface area contributed by atoms with E-state index in [1.165, 1.54) is 33.9 Å². The van der Waals surface area contributed by atoms with Gasteiger partial charge in [0.25, 0.3) is 0 Å². The van der Waals surface area contributed by atoms with Crippen molar-refractivity contribution in [1.29, 1.82) is 0 Å². The summed E-state index contributed by atoms with van der Waals surface area (Å²) in [6.45, 7) is 17.8. The third-order valence-electron chi connectivity index (χ3n) is 10.7. The second kappa shape index (κ2) is 14.1. The number of amidine groups is 1. The molecule has 0 amide bonds. The summed E-state index contributed by atoms with van der Waals surface area (Å²) in [7, 11) is 0. The molecule has 0 spiro atoms. The minimum atomic E-state index is -4.47. The number of halogens is 3. The molecular formula is C45H48F3N5. The average molecular weight is 716 g/mol. The van der Waals surface area contributed by atoms with Crippen LogP contribution in [-0.2, 0) is 12.6 Å². The maximum Gasteiger partial charge on any atom is 0.416 e. The second-order valence-corrected chi connectivity index (χ2v) is 15.5. The van der Waals surface area contributed by atoms with Gasteiger partial charge in [-0.3, -0.25) is 9.88 Å². The van der Waals surface area contributed by atoms with Gasteiger partial charge in [0.15, 0.2) is 5.82 Å². The number of fused-ring (bicyclic) bond motifs is 4. The molecule has 0 fully saturated rings. The summed E-state index contributed by atoms with van der Waals surface area (Å²) < 4.78 is 43.9. The number of alkyl halides is 3. The van der Waals surface area contributed by atoms with Gasteiger partial charge in [0.1, 0.15) is 5.84 Å². The van der Waals surface area contributed by atoms with E-state index < -0.39 is 11.7 Å². The van der Waals surface area contributed by atoms with Crippen LogP contribution in [0.2, 0.25) is 0 Å². The van der Waals surface area contributed by atoms with Gasteiger partial charge < -0.3 is 0 Å². The van der Waals surface area contributed by atoms with E-state index in [-0.39, 0.29) is 17.8 Å². The van der Waals surface area contributed by atoms with Crippen molar-refractivity contribution < 1.29 is 13.2 Å². The third kappa shape index (κ3) is 6.51. The van der Waals surface area contributed by atoms with Gasteiger partial charge in [-0.15, -0.1) is 0 Å². The molecule has 8 heteroatoms. The molecule has 1 aliphatic rings. The SMILES string of the molecule is CC(C)c1cccc(C(C)C)c1CCC1/C(=N/n2c3ccccc3c3cc(C(F)(F)F)ccc32)N(c2c(C(C)C)cccc2C(C)C)c2nccnc21. The van der Waals surface area contributed by atoms with Crippen molar-refractivity contribution >= 4 is 39.1 Å². The van der Waals surface area contributed by atoms with Crippen LogP contribution >= 0.6 is 0 Å². The molecule has 1 unspecified atom stereocenters. The zero-order valence-corrected chi connectivity index (χ0v) is 31.8. The predicted octanol–water partition coefficient (Wildman–Crippen LogP) is 12.8. The Morgan fingerprint density at radius 3 is 1.83 bits per heavy atom. The van der Waals surface area contributed by atoms with E-state index in [9.17, 15) is 13.2 Å². The molecule has 0 bridgehead atoms. The summed E-state index contributed by atoms with van der Waals surface area (Å²) in [6, 6.07) is 24.7. The second-order valence-electron chi connectivity index (χ2n) is 15.5. The van der Waals surface area contributed by atoms with Crippen LogP contribution in [0.4, 0.5) is 24.7 Å². The fourth-order valence-corrected chi connectivity index (χ4v) is 8.14. The minimum absolute atomic E-state index is 0.199. The Labute approximate surface area is 310 Å². The monoisotopic (exact) mass is 715 g/mol. The molecule has 0 radical (unpaired) electrons. The van der Waals surface area contributed by atoms with Gasteiger partial charge in [-0.1, -0.05) is 110 Å². The summed E-state index contributed by atoms with van der Waals surface area (Å²) in [5.41, 5.74) is 8.96. The Morgan fingerprint density at radius 2 is 1.23 bits per heavy atom. The van der Waals surface area contributed by atoms with Gasteiger partial charge in [0, 0.05) is 23.2 Å². The molecule has 7 rings (SSSR count). The number of rotatable bonds is 9. The highest BCUT2D eigenvalue weighted by Crippen LogP contribution is 2.48. The van der Waals surface area contributed by atoms with Gasteiger partial charge >= 0.3 is 6.18 Å². The minimum Gasteiger partial charge on any atom is -0.278 e. The van der Waals surface area contributed by atoms with Gasteiger partial charge in [-0.25, -0.2) is 9.66 Å². The van der Waals surface area contributed by atoms with Crippen LogP contribution in [0.5, 0.6) is 0 Å². The lowest BCUT2D eigenvalue weighted by Crippen LogP contribution is -2.28. The molecule has 53 heavy (non-hydrogen) atoms. The van der Waals surface area contributed by atoms with E-state index in [0.717, 1.165) is 47.5 Å². The summed E-state index contributed by atoms with van der Waals surface area (Å²) in [5.74, 6) is 2.37. The molecule has 0 aliphatic carbocycles. The number of nitrogens with zero attached hydrogens (tertiary/aromatic N) is 5. The fraction of sp³-hybridized carbons (Fsp3) is 0.356. The number of hydrogen-bond donors (Lipinski definition) is 0. The van der Waals surface area contributed by atoms with Crippen molar-refractivity contribution in [3.05, 3.63) is 130 Å². The molecule has 2 aromatic heterocycles. The van der Waals surface area contributed by atoms with Crippen LogP contribution in [0.15, 0.2) is 96.4 Å². The zero-order valence-electron chi connectivity index (χ0n) is 31.8. The highest BCUT2D eigenvalue weighted by Gasteiger charge is 2.41. The Morgan fingerprint density at radius 1 is 0.660 bits per heavy atom. The van der Waals surface area contributed by atoms with Crippen LogP contribution in [0.3, 0.4) is 0 Å². The quantitative estimate of drug-likeness (QED) is 0.150. The topological polar surface area (TPSA) is 46.3 Å². The van der Waals surface area contributed by atoms with Crippen molar-refractivity contribution in [3.63, 3.8) is 0 Å². The molecule has 5 nitrogen and oxygen atoms in total. The molecule has 1 atom stereocenters. The van der Waals surface area contributed by atoms with Gasteiger partial charge in [0.05, 0.1) is 33.9 Å². The van der Waals surface area contributed by atoms with Crippen molar-refractivity contribution in [3.8, 4) is 0 Å². The van der Waals surface area contributed by atoms with Gasteiger partial charge in [-0.05, 0) is 88.6 Å². The van der Waals surface area contributed by atoms with Crippen molar-refractivity contribution in [1.82, 2.24) is 14.6 Å². The smallest absolute Gasteiger partial charge is 0.278 e. The van der Waals surface area contributed by atoms with Crippen LogP contribution in [0.1, 0.15) is 130 Å². The van der Waals surface area contributed by atoms with E-state index in [2.05, 4.69) is 96.7 Å². The molecule has 274 valence electrons. The molecule has 0 saturated carbocycles. The number of para-hydroxylation sites is 2. The Bertz CT molecular complexity index is 2280. The normalized spacial score (nSPS) is 15.7. The molecule has 4 aromatic carbocycles.